The van der Waals surface area contributed by atoms with Gasteiger partial charge in [0.25, 0.3) is 11.5 Å². The summed E-state index contributed by atoms with van der Waals surface area (Å²) in [6.45, 7) is 0.396. The first-order valence-corrected chi connectivity index (χ1v) is 9.87. The van der Waals surface area contributed by atoms with Gasteiger partial charge in [-0.05, 0) is 41.5 Å². The molecule has 3 heterocycles. The molecule has 1 N–H and O–H groups in total. The average molecular weight is 431 g/mol. The molecule has 0 saturated heterocycles. The van der Waals surface area contributed by atoms with Crippen LogP contribution in [0.4, 0.5) is 0 Å². The molecule has 9 nitrogen and oxygen atoms in total. The first kappa shape index (κ1) is 21.0. The van der Waals surface area contributed by atoms with Gasteiger partial charge in [-0.2, -0.15) is 0 Å². The Bertz CT molecular complexity index is 1390. The Morgan fingerprint density at radius 2 is 1.78 bits per heavy atom. The van der Waals surface area contributed by atoms with E-state index in [9.17, 15) is 14.4 Å². The second-order valence-corrected chi connectivity index (χ2v) is 7.21. The summed E-state index contributed by atoms with van der Waals surface area (Å²) in [6.07, 6.45) is 4.65. The van der Waals surface area contributed by atoms with E-state index in [0.717, 1.165) is 15.7 Å². The lowest BCUT2D eigenvalue weighted by molar-refractivity contribution is 0.0946. The van der Waals surface area contributed by atoms with Crippen LogP contribution >= 0.6 is 0 Å². The van der Waals surface area contributed by atoms with Crippen LogP contribution < -0.4 is 21.3 Å². The monoisotopic (exact) mass is 431 g/mol. The Morgan fingerprint density at radius 3 is 2.47 bits per heavy atom. The van der Waals surface area contributed by atoms with Crippen molar-refractivity contribution in [1.29, 1.82) is 0 Å². The predicted molar refractivity (Wildman–Crippen MR) is 119 cm³/mol. The molecule has 0 atom stereocenters. The smallest absolute Gasteiger partial charge is 0.331 e. The van der Waals surface area contributed by atoms with Crippen LogP contribution in [0.15, 0.2) is 70.6 Å². The highest BCUT2D eigenvalue weighted by Gasteiger charge is 2.15. The van der Waals surface area contributed by atoms with Crippen LogP contribution in [0.3, 0.4) is 0 Å². The highest BCUT2D eigenvalue weighted by atomic mass is 16.5. The number of rotatable bonds is 6. The van der Waals surface area contributed by atoms with E-state index in [-0.39, 0.29) is 17.6 Å². The van der Waals surface area contributed by atoms with E-state index in [1.54, 1.807) is 62.9 Å². The van der Waals surface area contributed by atoms with E-state index in [2.05, 4.69) is 15.3 Å². The van der Waals surface area contributed by atoms with E-state index >= 15 is 0 Å². The van der Waals surface area contributed by atoms with Gasteiger partial charge in [0, 0.05) is 26.0 Å². The molecule has 0 aliphatic rings. The fraction of sp³-hybridized carbons (Fsp3) is 0.174. The van der Waals surface area contributed by atoms with Gasteiger partial charge in [-0.15, -0.1) is 0 Å². The van der Waals surface area contributed by atoms with Crippen molar-refractivity contribution in [2.24, 2.45) is 7.05 Å². The summed E-state index contributed by atoms with van der Waals surface area (Å²) < 4.78 is 7.64. The van der Waals surface area contributed by atoms with Crippen LogP contribution in [0.1, 0.15) is 21.6 Å². The summed E-state index contributed by atoms with van der Waals surface area (Å²) in [4.78, 5) is 46.6. The fourth-order valence-electron chi connectivity index (χ4n) is 3.35. The highest BCUT2D eigenvalue weighted by Crippen LogP contribution is 2.13. The fourth-order valence-corrected chi connectivity index (χ4v) is 3.35. The lowest BCUT2D eigenvalue weighted by Crippen LogP contribution is -2.39. The average Bonchev–Trinajstić information content (AvgIpc) is 2.84. The van der Waals surface area contributed by atoms with Crippen LogP contribution in [0.5, 0.6) is 5.75 Å². The van der Waals surface area contributed by atoms with Crippen LogP contribution in [-0.4, -0.2) is 32.1 Å². The molecule has 4 aromatic rings. The van der Waals surface area contributed by atoms with Gasteiger partial charge in [0.15, 0.2) is 0 Å². The van der Waals surface area contributed by atoms with Crippen LogP contribution in [-0.2, 0) is 20.1 Å². The molecule has 0 saturated carbocycles. The van der Waals surface area contributed by atoms with E-state index in [1.807, 2.05) is 0 Å². The quantitative estimate of drug-likeness (QED) is 0.495. The molecule has 9 heteroatoms. The summed E-state index contributed by atoms with van der Waals surface area (Å²) in [5.41, 5.74) is 1.17. The minimum atomic E-state index is -0.482. The summed E-state index contributed by atoms with van der Waals surface area (Å²) in [5.74, 6) is 0.264. The second kappa shape index (κ2) is 8.84. The number of nitrogens with zero attached hydrogens (tertiary/aromatic N) is 4. The lowest BCUT2D eigenvalue weighted by atomic mass is 10.2. The highest BCUT2D eigenvalue weighted by molar-refractivity contribution is 5.95. The van der Waals surface area contributed by atoms with Crippen molar-refractivity contribution in [3.63, 3.8) is 0 Å². The van der Waals surface area contributed by atoms with Crippen LogP contribution in [0.2, 0.25) is 0 Å². The number of hydrogen-bond donors (Lipinski definition) is 1. The maximum absolute atomic E-state index is 13.1. The maximum atomic E-state index is 13.1. The molecule has 0 radical (unpaired) electrons. The van der Waals surface area contributed by atoms with Gasteiger partial charge in [-0.1, -0.05) is 12.1 Å². The zero-order valence-corrected chi connectivity index (χ0v) is 17.6. The number of aromatic nitrogens is 4. The summed E-state index contributed by atoms with van der Waals surface area (Å²) >= 11 is 0. The molecule has 0 fully saturated rings. The number of pyridine rings is 2. The normalized spacial score (nSPS) is 10.8. The standard InChI is InChI=1S/C23H21N5O4/c1-27-20-13-25-19(21(29)26-12-15-7-9-24-10-8-15)11-18(20)22(30)28(23(27)31)14-16-3-5-17(32-2)6-4-16/h3-11,13H,12,14H2,1-2H3,(H,26,29). The molecule has 0 unspecified atom stereocenters. The Hall–Kier alpha value is -4.27. The number of nitrogens with one attached hydrogen (secondary N) is 1. The first-order chi connectivity index (χ1) is 15.5. The molecule has 162 valence electrons. The third-order valence-electron chi connectivity index (χ3n) is 5.17. The van der Waals surface area contributed by atoms with Crippen molar-refractivity contribution in [1.82, 2.24) is 24.4 Å². The predicted octanol–water partition coefficient (Wildman–Crippen LogP) is 1.48. The molecule has 0 aliphatic carbocycles. The minimum Gasteiger partial charge on any atom is -0.497 e. The van der Waals surface area contributed by atoms with Gasteiger partial charge in [-0.3, -0.25) is 23.7 Å². The minimum absolute atomic E-state index is 0.0946. The van der Waals surface area contributed by atoms with Gasteiger partial charge < -0.3 is 10.1 Å². The molecular weight excluding hydrogens is 410 g/mol. The second-order valence-electron chi connectivity index (χ2n) is 7.21. The lowest BCUT2D eigenvalue weighted by Gasteiger charge is -2.12. The van der Waals surface area contributed by atoms with Crippen molar-refractivity contribution in [3.8, 4) is 5.75 Å². The van der Waals surface area contributed by atoms with Gasteiger partial charge in [-0.25, -0.2) is 9.78 Å². The molecular formula is C23H21N5O4. The summed E-state index contributed by atoms with van der Waals surface area (Å²) in [5, 5.41) is 3.01. The third kappa shape index (κ3) is 4.13. The van der Waals surface area contributed by atoms with Crippen molar-refractivity contribution in [2.45, 2.75) is 13.1 Å². The number of carbonyl (C=O) groups excluding carboxylic acids is 1. The molecule has 1 aromatic carbocycles. The van der Waals surface area contributed by atoms with Crippen LogP contribution in [0, 0.1) is 0 Å². The summed E-state index contributed by atoms with van der Waals surface area (Å²) in [6, 6.07) is 12.1. The SMILES string of the molecule is COc1ccc(Cn2c(=O)c3cc(C(=O)NCc4ccncc4)ncc3n(C)c2=O)cc1. The number of amides is 1. The van der Waals surface area contributed by atoms with E-state index in [4.69, 9.17) is 4.74 Å². The number of fused-ring (bicyclic) bond motifs is 1. The Labute approximate surface area is 182 Å². The molecule has 32 heavy (non-hydrogen) atoms. The number of carbonyl (C=O) groups is 1. The Balaban J connectivity index is 1.67. The van der Waals surface area contributed by atoms with Crippen molar-refractivity contribution in [3.05, 3.63) is 98.7 Å². The number of ether oxygens (including phenoxy) is 1. The number of aryl methyl sites for hydroxylation is 1. The Morgan fingerprint density at radius 1 is 1.06 bits per heavy atom. The maximum Gasteiger partial charge on any atom is 0.331 e. The third-order valence-corrected chi connectivity index (χ3v) is 5.17. The topological polar surface area (TPSA) is 108 Å². The zero-order chi connectivity index (χ0) is 22.7. The van der Waals surface area contributed by atoms with E-state index in [1.165, 1.54) is 16.8 Å². The van der Waals surface area contributed by atoms with Gasteiger partial charge in [0.2, 0.25) is 0 Å². The van der Waals surface area contributed by atoms with Gasteiger partial charge in [0.1, 0.15) is 11.4 Å². The molecule has 4 rings (SSSR count). The number of benzene rings is 1. The largest absolute Gasteiger partial charge is 0.497 e. The van der Waals surface area contributed by atoms with E-state index < -0.39 is 17.2 Å². The summed E-state index contributed by atoms with van der Waals surface area (Å²) in [7, 11) is 3.14. The molecule has 3 aromatic heterocycles. The van der Waals surface area contributed by atoms with Crippen molar-refractivity contribution in [2.75, 3.05) is 7.11 Å². The molecule has 0 aliphatic heterocycles. The van der Waals surface area contributed by atoms with Crippen LogP contribution in [0.25, 0.3) is 10.9 Å². The van der Waals surface area contributed by atoms with Crippen molar-refractivity contribution < 1.29 is 9.53 Å². The van der Waals surface area contributed by atoms with Crippen molar-refractivity contribution >= 4 is 16.8 Å². The van der Waals surface area contributed by atoms with Gasteiger partial charge >= 0.3 is 5.69 Å². The van der Waals surface area contributed by atoms with E-state index in [0.29, 0.717) is 17.8 Å². The first-order valence-electron chi connectivity index (χ1n) is 9.87. The molecule has 1 amide bonds. The van der Waals surface area contributed by atoms with Gasteiger partial charge in [0.05, 0.1) is 30.8 Å². The number of methoxy groups -OCH3 is 1. The number of hydrogen-bond acceptors (Lipinski definition) is 6. The zero-order valence-electron chi connectivity index (χ0n) is 17.6. The Kier molecular flexibility index (Phi) is 5.80. The molecule has 0 spiro atoms. The molecule has 0 bridgehead atoms.